The molecular weight excluding hydrogens is 294 g/mol. The lowest BCUT2D eigenvalue weighted by molar-refractivity contribution is -0.129. The quantitative estimate of drug-likeness (QED) is 0.890. The number of aliphatic hydroxyl groups is 1. The number of aliphatic hydroxyl groups excluding tert-OH is 1. The third kappa shape index (κ3) is 3.23. The highest BCUT2D eigenvalue weighted by molar-refractivity contribution is 7.10. The third-order valence-corrected chi connectivity index (χ3v) is 6.65. The zero-order chi connectivity index (χ0) is 15.4. The minimum atomic E-state index is -0.278. The number of nitrogens with one attached hydrogen (secondary N) is 1. The first kappa shape index (κ1) is 16.0. The predicted molar refractivity (Wildman–Crippen MR) is 90.1 cm³/mol. The van der Waals surface area contributed by atoms with E-state index >= 15 is 0 Å². The summed E-state index contributed by atoms with van der Waals surface area (Å²) in [6.45, 7) is 0.291. The minimum Gasteiger partial charge on any atom is -0.396 e. The Hall–Kier alpha value is -0.870. The number of rotatable bonds is 4. The Kier molecular flexibility index (Phi) is 5.19. The van der Waals surface area contributed by atoms with Gasteiger partial charge in [0.05, 0.1) is 5.41 Å². The molecule has 0 atom stereocenters. The van der Waals surface area contributed by atoms with Crippen LogP contribution in [0.2, 0.25) is 0 Å². The van der Waals surface area contributed by atoms with Crippen molar-refractivity contribution in [1.82, 2.24) is 5.32 Å². The number of carbonyl (C=O) groups excluding carboxylic acids is 1. The average molecular weight is 321 g/mol. The Bertz CT molecular complexity index is 471. The molecule has 2 saturated carbocycles. The molecule has 0 aromatic carbocycles. The molecule has 22 heavy (non-hydrogen) atoms. The fraction of sp³-hybridized carbons (Fsp3) is 0.722. The average Bonchev–Trinajstić information content (AvgIpc) is 3.11. The van der Waals surface area contributed by atoms with Crippen molar-refractivity contribution in [2.45, 2.75) is 69.2 Å². The van der Waals surface area contributed by atoms with Crippen molar-refractivity contribution < 1.29 is 9.90 Å². The van der Waals surface area contributed by atoms with Crippen molar-refractivity contribution in [2.24, 2.45) is 5.92 Å². The Morgan fingerprint density at radius 1 is 1.23 bits per heavy atom. The van der Waals surface area contributed by atoms with Gasteiger partial charge in [0, 0.05) is 17.5 Å². The maximum Gasteiger partial charge on any atom is 0.231 e. The first-order chi connectivity index (χ1) is 10.7. The van der Waals surface area contributed by atoms with Gasteiger partial charge in [-0.2, -0.15) is 0 Å². The zero-order valence-corrected chi connectivity index (χ0v) is 14.0. The maximum atomic E-state index is 13.1. The summed E-state index contributed by atoms with van der Waals surface area (Å²) in [4.78, 5) is 14.3. The lowest BCUT2D eigenvalue weighted by Gasteiger charge is -2.37. The summed E-state index contributed by atoms with van der Waals surface area (Å²) in [6.07, 6.45) is 9.64. The molecule has 0 radical (unpaired) electrons. The van der Waals surface area contributed by atoms with Crippen molar-refractivity contribution in [3.8, 4) is 0 Å². The van der Waals surface area contributed by atoms with E-state index in [2.05, 4.69) is 22.8 Å². The molecule has 4 heteroatoms. The van der Waals surface area contributed by atoms with Gasteiger partial charge in [-0.25, -0.2) is 0 Å². The topological polar surface area (TPSA) is 49.3 Å². The van der Waals surface area contributed by atoms with Gasteiger partial charge in [-0.15, -0.1) is 11.3 Å². The molecule has 1 aromatic rings. The Labute approximate surface area is 137 Å². The zero-order valence-electron chi connectivity index (χ0n) is 13.2. The van der Waals surface area contributed by atoms with Crippen molar-refractivity contribution in [3.05, 3.63) is 22.4 Å². The van der Waals surface area contributed by atoms with Crippen molar-refractivity contribution >= 4 is 17.2 Å². The molecule has 1 aromatic heterocycles. The van der Waals surface area contributed by atoms with Gasteiger partial charge >= 0.3 is 0 Å². The number of thiophene rings is 1. The molecule has 2 aliphatic carbocycles. The van der Waals surface area contributed by atoms with Crippen LogP contribution in [-0.2, 0) is 10.2 Å². The van der Waals surface area contributed by atoms with Crippen LogP contribution in [0.1, 0.15) is 62.7 Å². The van der Waals surface area contributed by atoms with E-state index in [-0.39, 0.29) is 11.3 Å². The van der Waals surface area contributed by atoms with E-state index in [1.807, 2.05) is 0 Å². The van der Waals surface area contributed by atoms with Crippen LogP contribution in [0.4, 0.5) is 0 Å². The van der Waals surface area contributed by atoms with E-state index in [0.29, 0.717) is 18.6 Å². The van der Waals surface area contributed by atoms with Crippen LogP contribution in [0, 0.1) is 5.92 Å². The van der Waals surface area contributed by atoms with Gasteiger partial charge < -0.3 is 10.4 Å². The second kappa shape index (κ2) is 7.14. The SMILES string of the molecule is O=C(NC1CCC(CO)CC1)C1(c2cccs2)CCCCC1. The summed E-state index contributed by atoms with van der Waals surface area (Å²) >= 11 is 1.73. The van der Waals surface area contributed by atoms with Crippen molar-refractivity contribution in [2.75, 3.05) is 6.61 Å². The van der Waals surface area contributed by atoms with E-state index in [9.17, 15) is 9.90 Å². The molecule has 3 rings (SSSR count). The Morgan fingerprint density at radius 2 is 1.95 bits per heavy atom. The molecule has 122 valence electrons. The van der Waals surface area contributed by atoms with E-state index < -0.39 is 0 Å². The van der Waals surface area contributed by atoms with Crippen LogP contribution in [0.3, 0.4) is 0 Å². The number of hydrogen-bond acceptors (Lipinski definition) is 3. The Morgan fingerprint density at radius 3 is 2.55 bits per heavy atom. The fourth-order valence-corrected chi connectivity index (χ4v) is 5.09. The molecule has 0 unspecified atom stereocenters. The highest BCUT2D eigenvalue weighted by Crippen LogP contribution is 2.42. The van der Waals surface area contributed by atoms with Gasteiger partial charge in [-0.1, -0.05) is 25.3 Å². The monoisotopic (exact) mass is 321 g/mol. The number of amides is 1. The highest BCUT2D eigenvalue weighted by atomic mass is 32.1. The van der Waals surface area contributed by atoms with Crippen molar-refractivity contribution in [3.63, 3.8) is 0 Å². The molecule has 1 heterocycles. The Balaban J connectivity index is 1.68. The molecule has 1 amide bonds. The second-order valence-electron chi connectivity index (χ2n) is 6.99. The standard InChI is InChI=1S/C18H27NO2S/c20-13-14-6-8-15(9-7-14)19-17(21)18(10-2-1-3-11-18)16-5-4-12-22-16/h4-5,12,14-15,20H,1-3,6-11,13H2,(H,19,21). The molecule has 0 aliphatic heterocycles. The second-order valence-corrected chi connectivity index (χ2v) is 7.94. The molecular formula is C18H27NO2S. The van der Waals surface area contributed by atoms with E-state index in [4.69, 9.17) is 0 Å². The van der Waals surface area contributed by atoms with E-state index in [0.717, 1.165) is 51.4 Å². The fourth-order valence-electron chi connectivity index (χ4n) is 4.10. The van der Waals surface area contributed by atoms with E-state index in [1.54, 1.807) is 11.3 Å². The minimum absolute atomic E-state index is 0.252. The lowest BCUT2D eigenvalue weighted by Crippen LogP contribution is -2.49. The van der Waals surface area contributed by atoms with Crippen LogP contribution in [-0.4, -0.2) is 23.7 Å². The summed E-state index contributed by atoms with van der Waals surface area (Å²) in [6, 6.07) is 4.50. The molecule has 2 fully saturated rings. The molecule has 0 bridgehead atoms. The third-order valence-electron chi connectivity index (χ3n) is 5.57. The summed E-state index contributed by atoms with van der Waals surface area (Å²) < 4.78 is 0. The maximum absolute atomic E-state index is 13.1. The summed E-state index contributed by atoms with van der Waals surface area (Å²) in [5, 5.41) is 14.7. The summed E-state index contributed by atoms with van der Waals surface area (Å²) in [7, 11) is 0. The van der Waals surface area contributed by atoms with E-state index in [1.165, 1.54) is 11.3 Å². The highest BCUT2D eigenvalue weighted by Gasteiger charge is 2.42. The number of hydrogen-bond donors (Lipinski definition) is 2. The first-order valence-electron chi connectivity index (χ1n) is 8.70. The van der Waals surface area contributed by atoms with Crippen LogP contribution in [0.5, 0.6) is 0 Å². The predicted octanol–water partition coefficient (Wildman–Crippen LogP) is 3.62. The largest absolute Gasteiger partial charge is 0.396 e. The normalized spacial score (nSPS) is 28.2. The molecule has 2 aliphatic rings. The van der Waals surface area contributed by atoms with Gasteiger partial charge in [0.2, 0.25) is 5.91 Å². The van der Waals surface area contributed by atoms with Crippen LogP contribution < -0.4 is 5.32 Å². The summed E-state index contributed by atoms with van der Waals surface area (Å²) in [5.74, 6) is 0.691. The lowest BCUT2D eigenvalue weighted by atomic mass is 9.72. The molecule has 0 spiro atoms. The van der Waals surface area contributed by atoms with Crippen LogP contribution in [0.25, 0.3) is 0 Å². The summed E-state index contributed by atoms with van der Waals surface area (Å²) in [5.41, 5.74) is -0.278. The van der Waals surface area contributed by atoms with Gasteiger partial charge in [-0.05, 0) is 55.9 Å². The molecule has 3 nitrogen and oxygen atoms in total. The van der Waals surface area contributed by atoms with Crippen molar-refractivity contribution in [1.29, 1.82) is 0 Å². The molecule has 0 saturated heterocycles. The van der Waals surface area contributed by atoms with Gasteiger partial charge in [0.25, 0.3) is 0 Å². The van der Waals surface area contributed by atoms with Crippen LogP contribution >= 0.6 is 11.3 Å². The van der Waals surface area contributed by atoms with Gasteiger partial charge in [0.1, 0.15) is 0 Å². The number of carbonyl (C=O) groups is 1. The smallest absolute Gasteiger partial charge is 0.231 e. The van der Waals surface area contributed by atoms with Gasteiger partial charge in [0.15, 0.2) is 0 Å². The molecule has 2 N–H and O–H groups in total. The van der Waals surface area contributed by atoms with Gasteiger partial charge in [-0.3, -0.25) is 4.79 Å². The van der Waals surface area contributed by atoms with Crippen LogP contribution in [0.15, 0.2) is 17.5 Å². The first-order valence-corrected chi connectivity index (χ1v) is 9.58.